The summed E-state index contributed by atoms with van der Waals surface area (Å²) < 4.78 is 16.3. The Morgan fingerprint density at radius 3 is 2.58 bits per heavy atom. The summed E-state index contributed by atoms with van der Waals surface area (Å²) in [5, 5.41) is 4.20. The van der Waals surface area contributed by atoms with Gasteiger partial charge in [0.25, 0.3) is 0 Å². The lowest BCUT2D eigenvalue weighted by atomic mass is 9.99. The summed E-state index contributed by atoms with van der Waals surface area (Å²) in [5.74, 6) is 2.05. The molecule has 1 fully saturated rings. The molecule has 0 atom stereocenters. The van der Waals surface area contributed by atoms with E-state index in [4.69, 9.17) is 14.0 Å². The van der Waals surface area contributed by atoms with Crippen molar-refractivity contribution in [2.45, 2.75) is 18.3 Å². The van der Waals surface area contributed by atoms with Gasteiger partial charge in [0.05, 0.1) is 11.1 Å². The van der Waals surface area contributed by atoms with Crippen LogP contribution in [0.5, 0.6) is 11.5 Å². The fourth-order valence-corrected chi connectivity index (χ4v) is 3.25. The van der Waals surface area contributed by atoms with Gasteiger partial charge in [0, 0.05) is 24.7 Å². The van der Waals surface area contributed by atoms with E-state index in [1.807, 2.05) is 24.3 Å². The lowest BCUT2D eigenvalue weighted by molar-refractivity contribution is -0.133. The van der Waals surface area contributed by atoms with Crippen LogP contribution in [0.1, 0.15) is 18.5 Å². The first-order valence-electron chi connectivity index (χ1n) is 8.56. The normalized spacial score (nSPS) is 16.2. The number of carbonyl (C=O) groups excluding carboxylic acids is 1. The van der Waals surface area contributed by atoms with Gasteiger partial charge in [0.15, 0.2) is 17.3 Å². The van der Waals surface area contributed by atoms with Crippen LogP contribution in [0.3, 0.4) is 0 Å². The smallest absolute Gasteiger partial charge is 0.235 e. The van der Waals surface area contributed by atoms with Gasteiger partial charge >= 0.3 is 0 Å². The maximum Gasteiger partial charge on any atom is 0.235 e. The van der Waals surface area contributed by atoms with Crippen LogP contribution in [0.15, 0.2) is 54.1 Å². The maximum absolute atomic E-state index is 13.0. The quantitative estimate of drug-likeness (QED) is 0.716. The third-order valence-corrected chi connectivity index (χ3v) is 4.80. The Kier molecular flexibility index (Phi) is 4.03. The molecule has 0 bridgehead atoms. The van der Waals surface area contributed by atoms with Crippen LogP contribution in [-0.4, -0.2) is 35.8 Å². The maximum atomic E-state index is 13.0. The van der Waals surface area contributed by atoms with E-state index < -0.39 is 5.41 Å². The van der Waals surface area contributed by atoms with Crippen molar-refractivity contribution in [2.24, 2.45) is 0 Å². The third-order valence-electron chi connectivity index (χ3n) is 4.80. The van der Waals surface area contributed by atoms with Crippen LogP contribution in [0.2, 0.25) is 0 Å². The molecule has 4 rings (SSSR count). The average Bonchev–Trinajstić information content (AvgIpc) is 3.08. The topological polar surface area (TPSA) is 64.8 Å². The van der Waals surface area contributed by atoms with Crippen molar-refractivity contribution in [1.29, 1.82) is 0 Å². The summed E-state index contributed by atoms with van der Waals surface area (Å²) in [6.07, 6.45) is 4.98. The Morgan fingerprint density at radius 1 is 1.15 bits per heavy atom. The highest BCUT2D eigenvalue weighted by molar-refractivity contribution is 5.91. The zero-order valence-electron chi connectivity index (χ0n) is 14.4. The van der Waals surface area contributed by atoms with E-state index in [1.54, 1.807) is 17.1 Å². The molecular formula is C20H20N2O4. The second kappa shape index (κ2) is 6.37. The molecular weight excluding hydrogens is 332 g/mol. The number of ether oxygens (including phenoxy) is 2. The molecule has 0 spiro atoms. The first-order valence-corrected chi connectivity index (χ1v) is 8.56. The molecule has 1 amide bonds. The number of carbonyl (C=O) groups is 1. The summed E-state index contributed by atoms with van der Waals surface area (Å²) >= 11 is 0. The summed E-state index contributed by atoms with van der Waals surface area (Å²) in [6.45, 7) is 8.65. The van der Waals surface area contributed by atoms with Crippen molar-refractivity contribution < 1.29 is 18.8 Å². The molecule has 2 heterocycles. The van der Waals surface area contributed by atoms with E-state index in [9.17, 15) is 4.79 Å². The highest BCUT2D eigenvalue weighted by Crippen LogP contribution is 2.50. The number of fused-ring (bicyclic) bond motifs is 1. The van der Waals surface area contributed by atoms with Crippen molar-refractivity contribution in [1.82, 2.24) is 10.1 Å². The Labute approximate surface area is 151 Å². The zero-order chi connectivity index (χ0) is 18.1. The van der Waals surface area contributed by atoms with Gasteiger partial charge in [-0.25, -0.2) is 0 Å². The van der Waals surface area contributed by atoms with E-state index in [-0.39, 0.29) is 12.7 Å². The minimum Gasteiger partial charge on any atom is -0.454 e. The minimum absolute atomic E-state index is 0.0443. The van der Waals surface area contributed by atoms with Crippen LogP contribution in [0.4, 0.5) is 0 Å². The van der Waals surface area contributed by atoms with Gasteiger partial charge in [-0.05, 0) is 31.0 Å². The number of nitrogens with zero attached hydrogens (tertiary/aromatic N) is 2. The molecule has 0 saturated heterocycles. The fourth-order valence-electron chi connectivity index (χ4n) is 3.25. The molecule has 1 aliphatic heterocycles. The van der Waals surface area contributed by atoms with Gasteiger partial charge in [0.2, 0.25) is 12.7 Å². The van der Waals surface area contributed by atoms with Crippen molar-refractivity contribution in [3.63, 3.8) is 0 Å². The SMILES string of the molecule is C=CCN(CC=C)C(=O)C1(c2cc(-c3ccc4c(c3)OCO4)on2)CC1. The van der Waals surface area contributed by atoms with Gasteiger partial charge in [-0.15, -0.1) is 13.2 Å². The van der Waals surface area contributed by atoms with E-state index in [0.717, 1.165) is 18.4 Å². The predicted octanol–water partition coefficient (Wildman–Crippen LogP) is 3.30. The Hall–Kier alpha value is -3.02. The van der Waals surface area contributed by atoms with Gasteiger partial charge in [0.1, 0.15) is 0 Å². The molecule has 2 aliphatic rings. The van der Waals surface area contributed by atoms with Crippen LogP contribution < -0.4 is 9.47 Å². The van der Waals surface area contributed by atoms with Crippen LogP contribution in [0.25, 0.3) is 11.3 Å². The first kappa shape index (κ1) is 16.4. The molecule has 1 aromatic carbocycles. The molecule has 1 aromatic heterocycles. The first-order chi connectivity index (χ1) is 12.7. The Bertz CT molecular complexity index is 856. The van der Waals surface area contributed by atoms with Crippen molar-refractivity contribution in [2.75, 3.05) is 19.9 Å². The molecule has 6 heteroatoms. The number of aromatic nitrogens is 1. The lowest BCUT2D eigenvalue weighted by Crippen LogP contribution is -2.39. The Balaban J connectivity index is 1.60. The highest BCUT2D eigenvalue weighted by atomic mass is 16.7. The number of hydrogen-bond acceptors (Lipinski definition) is 5. The number of benzene rings is 1. The second-order valence-electron chi connectivity index (χ2n) is 6.51. The minimum atomic E-state index is -0.593. The molecule has 134 valence electrons. The molecule has 0 radical (unpaired) electrons. The molecule has 1 saturated carbocycles. The van der Waals surface area contributed by atoms with E-state index in [1.165, 1.54) is 0 Å². The van der Waals surface area contributed by atoms with Gasteiger partial charge < -0.3 is 18.9 Å². The van der Waals surface area contributed by atoms with Crippen molar-refractivity contribution >= 4 is 5.91 Å². The van der Waals surface area contributed by atoms with Crippen molar-refractivity contribution in [3.05, 3.63) is 55.3 Å². The number of rotatable bonds is 7. The summed E-state index contributed by atoms with van der Waals surface area (Å²) in [4.78, 5) is 14.8. The monoisotopic (exact) mass is 352 g/mol. The standard InChI is InChI=1S/C20H20N2O4/c1-3-9-22(10-4-2)19(23)20(7-8-20)18-12-16(26-21-18)14-5-6-15-17(11-14)25-13-24-15/h3-6,11-12H,1-2,7-10,13H2. The molecule has 2 aromatic rings. The highest BCUT2D eigenvalue weighted by Gasteiger charge is 2.55. The summed E-state index contributed by atoms with van der Waals surface area (Å²) in [7, 11) is 0. The molecule has 0 N–H and O–H groups in total. The van der Waals surface area contributed by atoms with Crippen molar-refractivity contribution in [3.8, 4) is 22.8 Å². The number of amides is 1. The van der Waals surface area contributed by atoms with Gasteiger partial charge in [-0.3, -0.25) is 4.79 Å². The largest absolute Gasteiger partial charge is 0.454 e. The molecule has 0 unspecified atom stereocenters. The van der Waals surface area contributed by atoms with Crippen LogP contribution in [-0.2, 0) is 10.2 Å². The fraction of sp³-hybridized carbons (Fsp3) is 0.300. The van der Waals surface area contributed by atoms with E-state index >= 15 is 0 Å². The Morgan fingerprint density at radius 2 is 1.88 bits per heavy atom. The zero-order valence-corrected chi connectivity index (χ0v) is 14.4. The molecule has 26 heavy (non-hydrogen) atoms. The number of hydrogen-bond donors (Lipinski definition) is 0. The average molecular weight is 352 g/mol. The van der Waals surface area contributed by atoms with Crippen LogP contribution in [0, 0.1) is 0 Å². The molecule has 6 nitrogen and oxygen atoms in total. The van der Waals surface area contributed by atoms with E-state index in [0.29, 0.717) is 36.0 Å². The lowest BCUT2D eigenvalue weighted by Gasteiger charge is -2.24. The summed E-state index contributed by atoms with van der Waals surface area (Å²) in [6, 6.07) is 7.44. The van der Waals surface area contributed by atoms with E-state index in [2.05, 4.69) is 18.3 Å². The molecule has 1 aliphatic carbocycles. The second-order valence-corrected chi connectivity index (χ2v) is 6.51. The predicted molar refractivity (Wildman–Crippen MR) is 95.9 cm³/mol. The summed E-state index contributed by atoms with van der Waals surface area (Å²) in [5.41, 5.74) is 0.919. The third kappa shape index (κ3) is 2.67. The van der Waals surface area contributed by atoms with Gasteiger partial charge in [-0.1, -0.05) is 17.3 Å². The van der Waals surface area contributed by atoms with Crippen LogP contribution >= 0.6 is 0 Å². The van der Waals surface area contributed by atoms with Gasteiger partial charge in [-0.2, -0.15) is 0 Å².